The standard InChI is InChI=1S/C14H16O2/c1-11-7-3-5-9-13(11)10-6-4-8-12(2)14(15)16/h3,5-7,9-10H,2,4,8H2,1H3,(H,15,16). The van der Waals surface area contributed by atoms with Crippen molar-refractivity contribution in [2.45, 2.75) is 19.8 Å². The van der Waals surface area contributed by atoms with Crippen LogP contribution in [0, 0.1) is 6.92 Å². The zero-order valence-corrected chi connectivity index (χ0v) is 9.44. The fourth-order valence-electron chi connectivity index (χ4n) is 1.35. The lowest BCUT2D eigenvalue weighted by molar-refractivity contribution is -0.132. The second-order valence-electron chi connectivity index (χ2n) is 3.71. The molecule has 0 aromatic heterocycles. The summed E-state index contributed by atoms with van der Waals surface area (Å²) in [6, 6.07) is 8.08. The maximum Gasteiger partial charge on any atom is 0.330 e. The Kier molecular flexibility index (Phi) is 4.52. The molecule has 0 aliphatic carbocycles. The molecule has 1 aromatic rings. The van der Waals surface area contributed by atoms with Crippen molar-refractivity contribution in [2.75, 3.05) is 0 Å². The summed E-state index contributed by atoms with van der Waals surface area (Å²) < 4.78 is 0. The first kappa shape index (κ1) is 12.2. The minimum Gasteiger partial charge on any atom is -0.478 e. The van der Waals surface area contributed by atoms with Gasteiger partial charge in [0.25, 0.3) is 0 Å². The SMILES string of the molecule is C=C(CCC=Cc1ccccc1C)C(=O)O. The van der Waals surface area contributed by atoms with Gasteiger partial charge >= 0.3 is 5.97 Å². The summed E-state index contributed by atoms with van der Waals surface area (Å²) in [5, 5.41) is 8.62. The van der Waals surface area contributed by atoms with E-state index < -0.39 is 5.97 Å². The minimum atomic E-state index is -0.913. The van der Waals surface area contributed by atoms with E-state index in [0.29, 0.717) is 12.8 Å². The van der Waals surface area contributed by atoms with Gasteiger partial charge in [0.15, 0.2) is 0 Å². The Morgan fingerprint density at radius 3 is 2.75 bits per heavy atom. The third-order valence-electron chi connectivity index (χ3n) is 2.40. The molecule has 84 valence electrons. The Morgan fingerprint density at radius 2 is 2.12 bits per heavy atom. The van der Waals surface area contributed by atoms with Crippen LogP contribution in [0.25, 0.3) is 6.08 Å². The Labute approximate surface area is 95.9 Å². The molecule has 0 aliphatic rings. The number of benzene rings is 1. The van der Waals surface area contributed by atoms with Gasteiger partial charge in [0.1, 0.15) is 0 Å². The number of carboxylic acid groups (broad SMARTS) is 1. The molecule has 0 amide bonds. The highest BCUT2D eigenvalue weighted by atomic mass is 16.4. The maximum atomic E-state index is 10.5. The smallest absolute Gasteiger partial charge is 0.330 e. The van der Waals surface area contributed by atoms with E-state index in [9.17, 15) is 4.79 Å². The average Bonchev–Trinajstić information content (AvgIpc) is 2.26. The Balaban J connectivity index is 2.47. The number of aliphatic carboxylic acids is 1. The predicted octanol–water partition coefficient (Wildman–Crippen LogP) is 3.43. The first-order valence-corrected chi connectivity index (χ1v) is 5.24. The molecule has 0 saturated heterocycles. The fourth-order valence-corrected chi connectivity index (χ4v) is 1.35. The molecule has 0 atom stereocenters. The molecule has 1 N–H and O–H groups in total. The van der Waals surface area contributed by atoms with Crippen LogP contribution in [-0.2, 0) is 4.79 Å². The predicted molar refractivity (Wildman–Crippen MR) is 66.2 cm³/mol. The van der Waals surface area contributed by atoms with E-state index in [1.54, 1.807) is 0 Å². The molecular weight excluding hydrogens is 200 g/mol. The first-order valence-electron chi connectivity index (χ1n) is 5.24. The number of allylic oxidation sites excluding steroid dienone is 1. The van der Waals surface area contributed by atoms with Gasteiger partial charge in [-0.2, -0.15) is 0 Å². The molecule has 1 rings (SSSR count). The highest BCUT2D eigenvalue weighted by molar-refractivity contribution is 5.85. The van der Waals surface area contributed by atoms with Crippen LogP contribution in [0.4, 0.5) is 0 Å². The van der Waals surface area contributed by atoms with Crippen LogP contribution in [0.2, 0.25) is 0 Å². The lowest BCUT2D eigenvalue weighted by Crippen LogP contribution is -1.97. The molecule has 0 radical (unpaired) electrons. The number of hydrogen-bond donors (Lipinski definition) is 1. The van der Waals surface area contributed by atoms with E-state index in [1.807, 2.05) is 30.4 Å². The molecule has 2 nitrogen and oxygen atoms in total. The molecule has 0 bridgehead atoms. The largest absolute Gasteiger partial charge is 0.478 e. The van der Waals surface area contributed by atoms with Gasteiger partial charge in [0, 0.05) is 5.57 Å². The van der Waals surface area contributed by atoms with E-state index in [0.717, 1.165) is 0 Å². The minimum absolute atomic E-state index is 0.259. The van der Waals surface area contributed by atoms with E-state index >= 15 is 0 Å². The van der Waals surface area contributed by atoms with Crippen molar-refractivity contribution in [1.82, 2.24) is 0 Å². The lowest BCUT2D eigenvalue weighted by atomic mass is 10.1. The second-order valence-corrected chi connectivity index (χ2v) is 3.71. The number of carbonyl (C=O) groups is 1. The summed E-state index contributed by atoms with van der Waals surface area (Å²) in [6.07, 6.45) is 5.21. The van der Waals surface area contributed by atoms with Crippen LogP contribution < -0.4 is 0 Å². The van der Waals surface area contributed by atoms with E-state index in [-0.39, 0.29) is 5.57 Å². The molecule has 0 aliphatic heterocycles. The monoisotopic (exact) mass is 216 g/mol. The van der Waals surface area contributed by atoms with Crippen molar-refractivity contribution in [1.29, 1.82) is 0 Å². The van der Waals surface area contributed by atoms with Gasteiger partial charge in [-0.05, 0) is 30.9 Å². The zero-order valence-electron chi connectivity index (χ0n) is 9.44. The quantitative estimate of drug-likeness (QED) is 0.765. The van der Waals surface area contributed by atoms with E-state index in [4.69, 9.17) is 5.11 Å². The fraction of sp³-hybridized carbons (Fsp3) is 0.214. The number of rotatable bonds is 5. The normalized spacial score (nSPS) is 10.6. The topological polar surface area (TPSA) is 37.3 Å². The van der Waals surface area contributed by atoms with Crippen molar-refractivity contribution < 1.29 is 9.90 Å². The molecular formula is C14H16O2. The van der Waals surface area contributed by atoms with Gasteiger partial charge in [-0.3, -0.25) is 0 Å². The van der Waals surface area contributed by atoms with Crippen LogP contribution in [0.5, 0.6) is 0 Å². The summed E-state index contributed by atoms with van der Waals surface area (Å²) in [6.45, 7) is 5.53. The van der Waals surface area contributed by atoms with Gasteiger partial charge < -0.3 is 5.11 Å². The summed E-state index contributed by atoms with van der Waals surface area (Å²) in [5.74, 6) is -0.913. The molecule has 0 fully saturated rings. The Hall–Kier alpha value is -1.83. The Bertz CT molecular complexity index is 416. The van der Waals surface area contributed by atoms with Gasteiger partial charge in [0.05, 0.1) is 0 Å². The second kappa shape index (κ2) is 5.91. The van der Waals surface area contributed by atoms with Crippen molar-refractivity contribution in [3.8, 4) is 0 Å². The molecule has 1 aromatic carbocycles. The van der Waals surface area contributed by atoms with Gasteiger partial charge in [-0.1, -0.05) is 43.0 Å². The molecule has 16 heavy (non-hydrogen) atoms. The highest BCUT2D eigenvalue weighted by Gasteiger charge is 2.00. The molecule has 0 saturated carbocycles. The van der Waals surface area contributed by atoms with E-state index in [1.165, 1.54) is 11.1 Å². The maximum absolute atomic E-state index is 10.5. The summed E-state index contributed by atoms with van der Waals surface area (Å²) in [5.41, 5.74) is 2.65. The van der Waals surface area contributed by atoms with Gasteiger partial charge in [0.2, 0.25) is 0 Å². The van der Waals surface area contributed by atoms with Crippen LogP contribution >= 0.6 is 0 Å². The third-order valence-corrected chi connectivity index (χ3v) is 2.40. The highest BCUT2D eigenvalue weighted by Crippen LogP contribution is 2.10. The zero-order chi connectivity index (χ0) is 12.0. The lowest BCUT2D eigenvalue weighted by Gasteiger charge is -1.99. The number of aryl methyl sites for hydroxylation is 1. The van der Waals surface area contributed by atoms with Crippen molar-refractivity contribution >= 4 is 12.0 Å². The third kappa shape index (κ3) is 3.73. The molecule has 2 heteroatoms. The van der Waals surface area contributed by atoms with Gasteiger partial charge in [-0.15, -0.1) is 0 Å². The van der Waals surface area contributed by atoms with Crippen LogP contribution in [0.15, 0.2) is 42.5 Å². The number of hydrogen-bond acceptors (Lipinski definition) is 1. The summed E-state index contributed by atoms with van der Waals surface area (Å²) in [7, 11) is 0. The van der Waals surface area contributed by atoms with Crippen molar-refractivity contribution in [2.24, 2.45) is 0 Å². The van der Waals surface area contributed by atoms with Crippen molar-refractivity contribution in [3.05, 3.63) is 53.6 Å². The summed E-state index contributed by atoms with van der Waals surface area (Å²) >= 11 is 0. The Morgan fingerprint density at radius 1 is 1.44 bits per heavy atom. The van der Waals surface area contributed by atoms with Crippen LogP contribution in [0.3, 0.4) is 0 Å². The molecule has 0 unspecified atom stereocenters. The number of carboxylic acids is 1. The molecule has 0 heterocycles. The van der Waals surface area contributed by atoms with Crippen LogP contribution in [-0.4, -0.2) is 11.1 Å². The van der Waals surface area contributed by atoms with Crippen LogP contribution in [0.1, 0.15) is 24.0 Å². The van der Waals surface area contributed by atoms with Gasteiger partial charge in [-0.25, -0.2) is 4.79 Å². The summed E-state index contributed by atoms with van der Waals surface area (Å²) in [4.78, 5) is 10.5. The average molecular weight is 216 g/mol. The van der Waals surface area contributed by atoms with E-state index in [2.05, 4.69) is 19.6 Å². The van der Waals surface area contributed by atoms with Crippen molar-refractivity contribution in [3.63, 3.8) is 0 Å². The molecule has 0 spiro atoms. The first-order chi connectivity index (χ1) is 7.61.